The Labute approximate surface area is 114 Å². The van der Waals surface area contributed by atoms with Crippen molar-refractivity contribution in [2.45, 2.75) is 13.2 Å². The highest BCUT2D eigenvalue weighted by atomic mass is 35.5. The Balaban J connectivity index is 2.09. The normalized spacial score (nSPS) is 10.5. The van der Waals surface area contributed by atoms with E-state index in [2.05, 4.69) is 0 Å². The van der Waals surface area contributed by atoms with Crippen LogP contribution in [0.2, 0.25) is 5.02 Å². The summed E-state index contributed by atoms with van der Waals surface area (Å²) in [5, 5.41) is 8.97. The van der Waals surface area contributed by atoms with Gasteiger partial charge in [-0.25, -0.2) is 8.78 Å². The predicted octanol–water partition coefficient (Wildman–Crippen LogP) is 3.69. The summed E-state index contributed by atoms with van der Waals surface area (Å²) < 4.78 is 31.5. The largest absolute Gasteiger partial charge is 0.489 e. The fourth-order valence-electron chi connectivity index (χ4n) is 1.59. The monoisotopic (exact) mass is 284 g/mol. The number of halogens is 3. The number of rotatable bonds is 4. The van der Waals surface area contributed by atoms with Gasteiger partial charge in [-0.1, -0.05) is 17.7 Å². The zero-order chi connectivity index (χ0) is 13.8. The molecule has 0 heterocycles. The predicted molar refractivity (Wildman–Crippen MR) is 68.1 cm³/mol. The maximum absolute atomic E-state index is 13.2. The molecule has 1 N–H and O–H groups in total. The SMILES string of the molecule is OCc1cc(F)cc(OCc2ccc(F)c(Cl)c2)c1. The minimum Gasteiger partial charge on any atom is -0.489 e. The lowest BCUT2D eigenvalue weighted by Crippen LogP contribution is -1.97. The summed E-state index contributed by atoms with van der Waals surface area (Å²) >= 11 is 5.64. The highest BCUT2D eigenvalue weighted by Crippen LogP contribution is 2.20. The number of hydrogen-bond donors (Lipinski definition) is 1. The van der Waals surface area contributed by atoms with Crippen molar-refractivity contribution in [3.8, 4) is 5.75 Å². The van der Waals surface area contributed by atoms with Gasteiger partial charge in [-0.05, 0) is 35.4 Å². The van der Waals surface area contributed by atoms with Gasteiger partial charge in [0.25, 0.3) is 0 Å². The molecule has 0 amide bonds. The van der Waals surface area contributed by atoms with Gasteiger partial charge in [0, 0.05) is 6.07 Å². The first-order valence-electron chi connectivity index (χ1n) is 5.55. The summed E-state index contributed by atoms with van der Waals surface area (Å²) in [7, 11) is 0. The van der Waals surface area contributed by atoms with Gasteiger partial charge >= 0.3 is 0 Å². The number of benzene rings is 2. The Morgan fingerprint density at radius 1 is 1.05 bits per heavy atom. The van der Waals surface area contributed by atoms with Gasteiger partial charge < -0.3 is 9.84 Å². The molecule has 0 aliphatic heterocycles. The Kier molecular flexibility index (Phi) is 4.35. The third-order valence-electron chi connectivity index (χ3n) is 2.50. The molecule has 0 aliphatic rings. The van der Waals surface area contributed by atoms with Crippen LogP contribution < -0.4 is 4.74 Å². The summed E-state index contributed by atoms with van der Waals surface area (Å²) in [5.41, 5.74) is 1.09. The van der Waals surface area contributed by atoms with Gasteiger partial charge in [-0.2, -0.15) is 0 Å². The van der Waals surface area contributed by atoms with E-state index < -0.39 is 11.6 Å². The van der Waals surface area contributed by atoms with Crippen LogP contribution in [0.15, 0.2) is 36.4 Å². The molecule has 0 spiro atoms. The molecule has 0 bridgehead atoms. The molecular formula is C14H11ClF2O2. The van der Waals surface area contributed by atoms with E-state index in [1.54, 1.807) is 0 Å². The zero-order valence-corrected chi connectivity index (χ0v) is 10.6. The fraction of sp³-hybridized carbons (Fsp3) is 0.143. The lowest BCUT2D eigenvalue weighted by atomic mass is 10.2. The van der Waals surface area contributed by atoms with Crippen molar-refractivity contribution in [1.29, 1.82) is 0 Å². The maximum Gasteiger partial charge on any atom is 0.141 e. The quantitative estimate of drug-likeness (QED) is 0.928. The summed E-state index contributed by atoms with van der Waals surface area (Å²) in [6.07, 6.45) is 0. The molecule has 100 valence electrons. The van der Waals surface area contributed by atoms with Crippen LogP contribution in [0.5, 0.6) is 5.75 Å². The second kappa shape index (κ2) is 5.99. The average Bonchev–Trinajstić information content (AvgIpc) is 2.39. The van der Waals surface area contributed by atoms with Crippen molar-refractivity contribution in [2.24, 2.45) is 0 Å². The lowest BCUT2D eigenvalue weighted by molar-refractivity contribution is 0.276. The summed E-state index contributed by atoms with van der Waals surface area (Å²) in [6, 6.07) is 8.20. The van der Waals surface area contributed by atoms with E-state index in [0.29, 0.717) is 16.9 Å². The Hall–Kier alpha value is -1.65. The van der Waals surface area contributed by atoms with Gasteiger partial charge in [0.1, 0.15) is 24.0 Å². The lowest BCUT2D eigenvalue weighted by Gasteiger charge is -2.08. The molecule has 0 aliphatic carbocycles. The van der Waals surface area contributed by atoms with Crippen LogP contribution in [-0.4, -0.2) is 5.11 Å². The van der Waals surface area contributed by atoms with E-state index >= 15 is 0 Å². The molecule has 2 aromatic rings. The summed E-state index contributed by atoms with van der Waals surface area (Å²) in [4.78, 5) is 0. The van der Waals surface area contributed by atoms with Crippen LogP contribution in [-0.2, 0) is 13.2 Å². The topological polar surface area (TPSA) is 29.5 Å². The standard InChI is InChI=1S/C14H11ClF2O2/c15-13-5-9(1-2-14(13)17)8-19-12-4-10(7-18)3-11(16)6-12/h1-6,18H,7-8H2. The first kappa shape index (κ1) is 13.8. The van der Waals surface area contributed by atoms with E-state index in [1.165, 1.54) is 36.4 Å². The van der Waals surface area contributed by atoms with Crippen molar-refractivity contribution in [3.63, 3.8) is 0 Å². The second-order valence-corrected chi connectivity index (χ2v) is 4.40. The van der Waals surface area contributed by atoms with Gasteiger partial charge in [0.2, 0.25) is 0 Å². The molecule has 0 saturated heterocycles. The minimum atomic E-state index is -0.501. The van der Waals surface area contributed by atoms with Crippen molar-refractivity contribution in [2.75, 3.05) is 0 Å². The Morgan fingerprint density at radius 3 is 2.53 bits per heavy atom. The smallest absolute Gasteiger partial charge is 0.141 e. The molecule has 0 unspecified atom stereocenters. The van der Waals surface area contributed by atoms with E-state index in [0.717, 1.165) is 0 Å². The summed E-state index contributed by atoms with van der Waals surface area (Å²) in [6.45, 7) is -0.134. The maximum atomic E-state index is 13.2. The van der Waals surface area contributed by atoms with Crippen LogP contribution in [0, 0.1) is 11.6 Å². The van der Waals surface area contributed by atoms with Crippen LogP contribution >= 0.6 is 11.6 Å². The molecule has 0 atom stereocenters. The molecule has 0 aromatic heterocycles. The third kappa shape index (κ3) is 3.66. The van der Waals surface area contributed by atoms with E-state index in [1.807, 2.05) is 0 Å². The Bertz CT molecular complexity index is 588. The van der Waals surface area contributed by atoms with Crippen LogP contribution in [0.1, 0.15) is 11.1 Å². The van der Waals surface area contributed by atoms with Crippen LogP contribution in [0.4, 0.5) is 8.78 Å². The number of aliphatic hydroxyl groups excluding tert-OH is 1. The fourth-order valence-corrected chi connectivity index (χ4v) is 1.79. The summed E-state index contributed by atoms with van der Waals surface area (Å²) in [5.74, 6) is -0.693. The molecule has 2 rings (SSSR count). The van der Waals surface area contributed by atoms with Gasteiger partial charge in [0.05, 0.1) is 11.6 Å². The number of hydrogen-bond acceptors (Lipinski definition) is 2. The third-order valence-corrected chi connectivity index (χ3v) is 2.79. The highest BCUT2D eigenvalue weighted by molar-refractivity contribution is 6.30. The van der Waals surface area contributed by atoms with Crippen molar-refractivity contribution >= 4 is 11.6 Å². The molecular weight excluding hydrogens is 274 g/mol. The van der Waals surface area contributed by atoms with Crippen LogP contribution in [0.3, 0.4) is 0 Å². The molecule has 2 nitrogen and oxygen atoms in total. The van der Waals surface area contributed by atoms with Crippen molar-refractivity contribution in [3.05, 3.63) is 64.2 Å². The first-order chi connectivity index (χ1) is 9.08. The van der Waals surface area contributed by atoms with Crippen molar-refractivity contribution < 1.29 is 18.6 Å². The van der Waals surface area contributed by atoms with Crippen LogP contribution in [0.25, 0.3) is 0 Å². The average molecular weight is 285 g/mol. The minimum absolute atomic E-state index is 0.0105. The second-order valence-electron chi connectivity index (χ2n) is 3.99. The Morgan fingerprint density at radius 2 is 1.84 bits per heavy atom. The molecule has 0 fully saturated rings. The molecule has 0 saturated carbocycles. The first-order valence-corrected chi connectivity index (χ1v) is 5.93. The van der Waals surface area contributed by atoms with Crippen molar-refractivity contribution in [1.82, 2.24) is 0 Å². The molecule has 2 aromatic carbocycles. The number of aliphatic hydroxyl groups is 1. The zero-order valence-electron chi connectivity index (χ0n) is 9.87. The number of ether oxygens (including phenoxy) is 1. The van der Waals surface area contributed by atoms with Gasteiger partial charge in [-0.3, -0.25) is 0 Å². The van der Waals surface area contributed by atoms with Gasteiger partial charge in [0.15, 0.2) is 0 Å². The molecule has 5 heteroatoms. The van der Waals surface area contributed by atoms with E-state index in [9.17, 15) is 8.78 Å². The molecule has 19 heavy (non-hydrogen) atoms. The van der Waals surface area contributed by atoms with E-state index in [-0.39, 0.29) is 18.2 Å². The molecule has 0 radical (unpaired) electrons. The highest BCUT2D eigenvalue weighted by Gasteiger charge is 2.04. The van der Waals surface area contributed by atoms with Gasteiger partial charge in [-0.15, -0.1) is 0 Å². The van der Waals surface area contributed by atoms with E-state index in [4.69, 9.17) is 21.4 Å².